The number of nitrogens with one attached hydrogen (secondary N) is 1. The van der Waals surface area contributed by atoms with E-state index in [1.807, 2.05) is 19.9 Å². The number of aryl methyl sites for hydroxylation is 3. The molecule has 0 spiro atoms. The Morgan fingerprint density at radius 1 is 1.10 bits per heavy atom. The number of hydrogen-bond acceptors (Lipinski definition) is 5. The minimum absolute atomic E-state index is 0.0748. The molecule has 4 aliphatic rings. The predicted octanol–water partition coefficient (Wildman–Crippen LogP) is 4.99. The minimum atomic E-state index is -0.175. The van der Waals surface area contributed by atoms with Crippen LogP contribution in [-0.2, 0) is 11.2 Å². The van der Waals surface area contributed by atoms with Crippen molar-refractivity contribution in [3.05, 3.63) is 23.5 Å². The molecule has 6 nitrogen and oxygen atoms in total. The fourth-order valence-corrected chi connectivity index (χ4v) is 6.95. The molecule has 4 bridgehead atoms. The van der Waals surface area contributed by atoms with E-state index < -0.39 is 0 Å². The van der Waals surface area contributed by atoms with E-state index >= 15 is 0 Å². The van der Waals surface area contributed by atoms with Gasteiger partial charge in [0.25, 0.3) is 5.89 Å². The van der Waals surface area contributed by atoms with Crippen LogP contribution < -0.4 is 5.32 Å². The number of furan rings is 1. The van der Waals surface area contributed by atoms with Crippen LogP contribution in [0.25, 0.3) is 11.5 Å². The Morgan fingerprint density at radius 2 is 1.73 bits per heavy atom. The van der Waals surface area contributed by atoms with Gasteiger partial charge in [0.1, 0.15) is 11.5 Å². The van der Waals surface area contributed by atoms with Crippen LogP contribution in [0, 0.1) is 37.0 Å². The summed E-state index contributed by atoms with van der Waals surface area (Å²) >= 11 is 0. The smallest absolute Gasteiger partial charge is 0.251 e. The van der Waals surface area contributed by atoms with E-state index in [2.05, 4.69) is 29.4 Å². The van der Waals surface area contributed by atoms with Crippen molar-refractivity contribution >= 4 is 5.91 Å². The second kappa shape index (κ2) is 6.96. The molecule has 1 amide bonds. The Balaban J connectivity index is 1.21. The van der Waals surface area contributed by atoms with E-state index in [9.17, 15) is 4.79 Å². The Morgan fingerprint density at radius 3 is 2.30 bits per heavy atom. The summed E-state index contributed by atoms with van der Waals surface area (Å²) in [5.41, 5.74) is 0.913. The highest BCUT2D eigenvalue weighted by Crippen LogP contribution is 2.63. The molecule has 0 saturated heterocycles. The third kappa shape index (κ3) is 3.38. The maximum atomic E-state index is 12.8. The van der Waals surface area contributed by atoms with Gasteiger partial charge in [-0.05, 0) is 95.5 Å². The molecule has 30 heavy (non-hydrogen) atoms. The van der Waals surface area contributed by atoms with Gasteiger partial charge in [-0.3, -0.25) is 4.79 Å². The lowest BCUT2D eigenvalue weighted by atomic mass is 9.45. The summed E-state index contributed by atoms with van der Waals surface area (Å²) in [6.45, 7) is 8.26. The SMILES string of the molecule is Cc1cc(-c2nnc(CCC(=O)NC(C)(C)C34CC5CC(CC(C5)C3)C4)o2)c(C)o1. The molecular weight excluding hydrogens is 378 g/mol. The second-order valence-electron chi connectivity index (χ2n) is 10.7. The third-order valence-corrected chi connectivity index (χ3v) is 8.12. The summed E-state index contributed by atoms with van der Waals surface area (Å²) in [5, 5.41) is 11.6. The topological polar surface area (TPSA) is 81.2 Å². The fourth-order valence-electron chi connectivity index (χ4n) is 6.95. The Bertz CT molecular complexity index is 920. The van der Waals surface area contributed by atoms with Crippen LogP contribution in [-0.4, -0.2) is 21.6 Å². The van der Waals surface area contributed by atoms with Gasteiger partial charge in [-0.25, -0.2) is 0 Å². The van der Waals surface area contributed by atoms with Crippen LogP contribution in [0.1, 0.15) is 76.2 Å². The van der Waals surface area contributed by atoms with E-state index in [-0.39, 0.29) is 16.9 Å². The van der Waals surface area contributed by atoms with Gasteiger partial charge in [0.15, 0.2) is 0 Å². The van der Waals surface area contributed by atoms with Crippen molar-refractivity contribution in [1.82, 2.24) is 15.5 Å². The number of hydrogen-bond donors (Lipinski definition) is 1. The highest BCUT2D eigenvalue weighted by Gasteiger charge is 2.57. The first-order valence-electron chi connectivity index (χ1n) is 11.4. The van der Waals surface area contributed by atoms with E-state index in [1.54, 1.807) is 0 Å². The largest absolute Gasteiger partial charge is 0.466 e. The predicted molar refractivity (Wildman–Crippen MR) is 113 cm³/mol. The first-order chi connectivity index (χ1) is 14.2. The van der Waals surface area contributed by atoms with Crippen molar-refractivity contribution in [3.63, 3.8) is 0 Å². The van der Waals surface area contributed by atoms with Gasteiger partial charge >= 0.3 is 0 Å². The first-order valence-corrected chi connectivity index (χ1v) is 11.4. The summed E-state index contributed by atoms with van der Waals surface area (Å²) < 4.78 is 11.3. The number of nitrogens with zero attached hydrogens (tertiary/aromatic N) is 2. The lowest BCUT2D eigenvalue weighted by Gasteiger charge is -2.62. The van der Waals surface area contributed by atoms with Crippen LogP contribution in [0.5, 0.6) is 0 Å². The number of rotatable bonds is 6. The number of carbonyl (C=O) groups is 1. The monoisotopic (exact) mass is 411 g/mol. The van der Waals surface area contributed by atoms with E-state index in [1.165, 1.54) is 38.5 Å². The third-order valence-electron chi connectivity index (χ3n) is 8.12. The zero-order valence-corrected chi connectivity index (χ0v) is 18.6. The number of carbonyl (C=O) groups excluding carboxylic acids is 1. The zero-order chi connectivity index (χ0) is 21.1. The number of aromatic nitrogens is 2. The quantitative estimate of drug-likeness (QED) is 0.724. The molecule has 0 aliphatic heterocycles. The molecule has 1 N–H and O–H groups in total. The first kappa shape index (κ1) is 19.8. The normalized spacial score (nSPS) is 30.1. The Hall–Kier alpha value is -2.11. The van der Waals surface area contributed by atoms with Crippen LogP contribution in [0.3, 0.4) is 0 Å². The van der Waals surface area contributed by atoms with Crippen molar-refractivity contribution in [2.75, 3.05) is 0 Å². The van der Waals surface area contributed by atoms with Crippen molar-refractivity contribution < 1.29 is 13.6 Å². The molecule has 2 aromatic rings. The van der Waals surface area contributed by atoms with Gasteiger partial charge in [-0.1, -0.05) is 0 Å². The summed E-state index contributed by atoms with van der Waals surface area (Å²) in [6.07, 6.45) is 8.90. The van der Waals surface area contributed by atoms with Crippen molar-refractivity contribution in [3.8, 4) is 11.5 Å². The van der Waals surface area contributed by atoms with Crippen molar-refractivity contribution in [2.24, 2.45) is 23.2 Å². The van der Waals surface area contributed by atoms with Gasteiger partial charge < -0.3 is 14.2 Å². The average molecular weight is 412 g/mol. The van der Waals surface area contributed by atoms with Gasteiger partial charge in [0.05, 0.1) is 5.56 Å². The summed E-state index contributed by atoms with van der Waals surface area (Å²) in [7, 11) is 0. The van der Waals surface area contributed by atoms with E-state index in [0.717, 1.165) is 34.8 Å². The molecule has 2 aromatic heterocycles. The van der Waals surface area contributed by atoms with Crippen LogP contribution in [0.4, 0.5) is 0 Å². The van der Waals surface area contributed by atoms with E-state index in [4.69, 9.17) is 8.83 Å². The highest BCUT2D eigenvalue weighted by molar-refractivity contribution is 5.77. The molecule has 4 saturated carbocycles. The maximum absolute atomic E-state index is 12.8. The molecule has 4 fully saturated rings. The Labute approximate surface area is 178 Å². The van der Waals surface area contributed by atoms with Crippen LogP contribution >= 0.6 is 0 Å². The summed E-state index contributed by atoms with van der Waals surface area (Å²) in [4.78, 5) is 12.8. The minimum Gasteiger partial charge on any atom is -0.466 e. The van der Waals surface area contributed by atoms with Crippen LogP contribution in [0.15, 0.2) is 14.9 Å². The molecular formula is C24H33N3O3. The van der Waals surface area contributed by atoms with Crippen molar-refractivity contribution in [2.45, 2.75) is 84.6 Å². The molecule has 6 heteroatoms. The van der Waals surface area contributed by atoms with E-state index in [0.29, 0.717) is 24.6 Å². The second-order valence-corrected chi connectivity index (χ2v) is 10.7. The van der Waals surface area contributed by atoms with Crippen molar-refractivity contribution in [1.29, 1.82) is 0 Å². The Kier molecular flexibility index (Phi) is 4.60. The summed E-state index contributed by atoms with van der Waals surface area (Å²) in [5.74, 6) is 5.22. The average Bonchev–Trinajstić information content (AvgIpc) is 3.24. The molecule has 0 unspecified atom stereocenters. The van der Waals surface area contributed by atoms with Gasteiger partial charge in [0.2, 0.25) is 11.8 Å². The zero-order valence-electron chi connectivity index (χ0n) is 18.6. The maximum Gasteiger partial charge on any atom is 0.251 e. The standard InChI is InChI=1S/C24H33N3O3/c1-14-7-19(15(2)29-14)22-27-26-21(30-22)6-5-20(28)25-23(3,4)24-11-16-8-17(12-24)10-18(9-16)13-24/h7,16-18H,5-6,8-13H2,1-4H3,(H,25,28). The molecule has 6 rings (SSSR count). The molecule has 2 heterocycles. The number of amides is 1. The lowest BCUT2D eigenvalue weighted by Crippen LogP contribution is -2.62. The van der Waals surface area contributed by atoms with Gasteiger partial charge in [-0.2, -0.15) is 0 Å². The molecule has 0 radical (unpaired) electrons. The van der Waals surface area contributed by atoms with Crippen LogP contribution in [0.2, 0.25) is 0 Å². The fraction of sp³-hybridized carbons (Fsp3) is 0.708. The molecule has 0 aromatic carbocycles. The molecule has 0 atom stereocenters. The van der Waals surface area contributed by atoms with Gasteiger partial charge in [0, 0.05) is 18.4 Å². The summed E-state index contributed by atoms with van der Waals surface area (Å²) in [6, 6.07) is 1.90. The molecule has 4 aliphatic carbocycles. The molecule has 162 valence electrons. The van der Waals surface area contributed by atoms with Gasteiger partial charge in [-0.15, -0.1) is 10.2 Å². The lowest BCUT2D eigenvalue weighted by molar-refractivity contribution is -0.132. The highest BCUT2D eigenvalue weighted by atomic mass is 16.4.